The van der Waals surface area contributed by atoms with Crippen LogP contribution in [0.3, 0.4) is 0 Å². The Labute approximate surface area is 123 Å². The van der Waals surface area contributed by atoms with Gasteiger partial charge in [-0.25, -0.2) is 0 Å². The summed E-state index contributed by atoms with van der Waals surface area (Å²) in [5, 5.41) is 12.0. The Morgan fingerprint density at radius 2 is 1.81 bits per heavy atom. The normalized spacial score (nSPS) is 30.7. The zero-order chi connectivity index (χ0) is 14.5. The Kier molecular flexibility index (Phi) is 2.87. The quantitative estimate of drug-likeness (QED) is 0.608. The van der Waals surface area contributed by atoms with Gasteiger partial charge in [-0.2, -0.15) is 0 Å². The van der Waals surface area contributed by atoms with E-state index in [0.29, 0.717) is 19.0 Å². The molecule has 2 spiro atoms. The first-order valence-electron chi connectivity index (χ1n) is 7.80. The molecule has 3 aliphatic rings. The molecule has 3 N–H and O–H groups in total. The molecule has 2 aliphatic carbocycles. The van der Waals surface area contributed by atoms with Crippen molar-refractivity contribution in [2.45, 2.75) is 56.1 Å². The van der Waals surface area contributed by atoms with Gasteiger partial charge in [0.2, 0.25) is 5.76 Å². The summed E-state index contributed by atoms with van der Waals surface area (Å²) in [6, 6.07) is 0. The van der Waals surface area contributed by atoms with Crippen molar-refractivity contribution in [2.24, 2.45) is 5.73 Å². The van der Waals surface area contributed by atoms with Crippen LogP contribution in [0.4, 0.5) is 0 Å². The van der Waals surface area contributed by atoms with Crippen molar-refractivity contribution < 1.29 is 14.0 Å². The van der Waals surface area contributed by atoms with Crippen LogP contribution in [0, 0.1) is 5.41 Å². The van der Waals surface area contributed by atoms with Crippen molar-refractivity contribution in [3.63, 3.8) is 0 Å². The average molecular weight is 291 g/mol. The van der Waals surface area contributed by atoms with Gasteiger partial charge in [0.15, 0.2) is 11.6 Å². The average Bonchev–Trinajstić information content (AvgIpc) is 3.11. The van der Waals surface area contributed by atoms with Gasteiger partial charge in [0.25, 0.3) is 0 Å². The first-order valence-corrected chi connectivity index (χ1v) is 7.80. The molecule has 4 rings (SSSR count). The van der Waals surface area contributed by atoms with Crippen molar-refractivity contribution in [3.8, 4) is 0 Å². The van der Waals surface area contributed by atoms with E-state index in [1.165, 1.54) is 0 Å². The van der Waals surface area contributed by atoms with Crippen LogP contribution in [0.2, 0.25) is 0 Å². The lowest BCUT2D eigenvalue weighted by Crippen LogP contribution is -2.56. The number of nitrogens with one attached hydrogen (secondary N) is 1. The van der Waals surface area contributed by atoms with Crippen LogP contribution in [0.15, 0.2) is 4.52 Å². The number of nitrogens with zero attached hydrogens (tertiary/aromatic N) is 1. The van der Waals surface area contributed by atoms with Crippen molar-refractivity contribution in [1.82, 2.24) is 5.16 Å². The molecule has 1 aromatic heterocycles. The van der Waals surface area contributed by atoms with E-state index in [4.69, 9.17) is 25.1 Å². The minimum Gasteiger partial charge on any atom is -0.381 e. The molecule has 1 aromatic rings. The molecule has 0 radical (unpaired) electrons. The number of fused-ring (bicyclic) bond motifs is 3. The second-order valence-electron chi connectivity index (χ2n) is 6.35. The highest BCUT2D eigenvalue weighted by molar-refractivity contribution is 5.93. The smallest absolute Gasteiger partial charge is 0.204 e. The van der Waals surface area contributed by atoms with Gasteiger partial charge in [-0.15, -0.1) is 0 Å². The predicted octanol–water partition coefficient (Wildman–Crippen LogP) is 1.85. The van der Waals surface area contributed by atoms with Crippen LogP contribution in [0.1, 0.15) is 55.5 Å². The molecule has 6 heteroatoms. The predicted molar refractivity (Wildman–Crippen MR) is 75.2 cm³/mol. The fourth-order valence-corrected chi connectivity index (χ4v) is 4.52. The summed E-state index contributed by atoms with van der Waals surface area (Å²) in [4.78, 5) is 0. The van der Waals surface area contributed by atoms with Crippen LogP contribution in [0.25, 0.3) is 0 Å². The van der Waals surface area contributed by atoms with Crippen LogP contribution in [-0.4, -0.2) is 30.0 Å². The van der Waals surface area contributed by atoms with Gasteiger partial charge in [0.1, 0.15) is 0 Å². The lowest BCUT2D eigenvalue weighted by Gasteiger charge is -2.50. The lowest BCUT2D eigenvalue weighted by atomic mass is 9.61. The summed E-state index contributed by atoms with van der Waals surface area (Å²) in [5.41, 5.74) is 7.33. The molecule has 0 aromatic carbocycles. The molecule has 0 amide bonds. The monoisotopic (exact) mass is 291 g/mol. The van der Waals surface area contributed by atoms with E-state index >= 15 is 0 Å². The van der Waals surface area contributed by atoms with E-state index in [9.17, 15) is 0 Å². The molecule has 0 unspecified atom stereocenters. The summed E-state index contributed by atoms with van der Waals surface area (Å²) in [7, 11) is 0. The minimum absolute atomic E-state index is 0.0427. The Hall–Kier alpha value is -1.40. The molecule has 1 saturated heterocycles. The van der Waals surface area contributed by atoms with E-state index in [-0.39, 0.29) is 11.3 Å². The summed E-state index contributed by atoms with van der Waals surface area (Å²) < 4.78 is 17.6. The summed E-state index contributed by atoms with van der Waals surface area (Å²) in [6.07, 6.45) is 7.08. The van der Waals surface area contributed by atoms with Crippen molar-refractivity contribution in [2.75, 3.05) is 13.2 Å². The highest BCUT2D eigenvalue weighted by Gasteiger charge is 2.60. The fourth-order valence-electron chi connectivity index (χ4n) is 4.52. The van der Waals surface area contributed by atoms with E-state index in [1.807, 2.05) is 0 Å². The number of aromatic nitrogens is 1. The zero-order valence-electron chi connectivity index (χ0n) is 12.1. The lowest BCUT2D eigenvalue weighted by molar-refractivity contribution is -0.231. The summed E-state index contributed by atoms with van der Waals surface area (Å²) >= 11 is 0. The number of amidine groups is 1. The standard InChI is InChI=1S/C15H21N3O3/c16-13(17)11-10-4-3-6-14(12(10)18-21-11)5-1-2-7-15(14)19-8-9-20-15/h1-9H2,(H3,16,17)/t14-/m0/s1. The summed E-state index contributed by atoms with van der Waals surface area (Å²) in [5.74, 6) is -0.160. The number of hydrogen-bond donors (Lipinski definition) is 2. The van der Waals surface area contributed by atoms with Gasteiger partial charge in [0, 0.05) is 12.0 Å². The van der Waals surface area contributed by atoms with Gasteiger partial charge >= 0.3 is 0 Å². The van der Waals surface area contributed by atoms with Gasteiger partial charge in [-0.1, -0.05) is 11.6 Å². The number of nitrogen functional groups attached to an aromatic ring is 1. The minimum atomic E-state index is -0.550. The van der Waals surface area contributed by atoms with E-state index in [0.717, 1.165) is 56.2 Å². The molecule has 21 heavy (non-hydrogen) atoms. The van der Waals surface area contributed by atoms with E-state index in [2.05, 4.69) is 5.16 Å². The van der Waals surface area contributed by atoms with Gasteiger partial charge in [0.05, 0.1) is 24.3 Å². The largest absolute Gasteiger partial charge is 0.381 e. The van der Waals surface area contributed by atoms with Gasteiger partial charge < -0.3 is 19.7 Å². The maximum atomic E-state index is 7.68. The van der Waals surface area contributed by atoms with Crippen molar-refractivity contribution in [1.29, 1.82) is 5.41 Å². The van der Waals surface area contributed by atoms with E-state index < -0.39 is 5.79 Å². The topological polar surface area (TPSA) is 94.4 Å². The van der Waals surface area contributed by atoms with Crippen LogP contribution >= 0.6 is 0 Å². The molecule has 0 bridgehead atoms. The maximum Gasteiger partial charge on any atom is 0.204 e. The molecule has 2 heterocycles. The summed E-state index contributed by atoms with van der Waals surface area (Å²) in [6.45, 7) is 1.29. The number of hydrogen-bond acceptors (Lipinski definition) is 5. The van der Waals surface area contributed by atoms with Crippen molar-refractivity contribution in [3.05, 3.63) is 17.0 Å². The van der Waals surface area contributed by atoms with Crippen LogP contribution < -0.4 is 5.73 Å². The first kappa shape index (κ1) is 13.3. The Balaban J connectivity index is 1.87. The Morgan fingerprint density at radius 1 is 1.10 bits per heavy atom. The van der Waals surface area contributed by atoms with Crippen molar-refractivity contribution >= 4 is 5.84 Å². The maximum absolute atomic E-state index is 7.68. The Bertz CT molecular complexity index is 577. The number of ether oxygens (including phenoxy) is 2. The van der Waals surface area contributed by atoms with E-state index in [1.54, 1.807) is 0 Å². The molecule has 1 atom stereocenters. The van der Waals surface area contributed by atoms with Gasteiger partial charge in [-0.3, -0.25) is 5.41 Å². The molecule has 1 saturated carbocycles. The molecule has 6 nitrogen and oxygen atoms in total. The highest BCUT2D eigenvalue weighted by atomic mass is 16.7. The zero-order valence-corrected chi connectivity index (χ0v) is 12.1. The Morgan fingerprint density at radius 3 is 2.57 bits per heavy atom. The fraction of sp³-hybridized carbons (Fsp3) is 0.733. The highest BCUT2D eigenvalue weighted by Crippen LogP contribution is 2.56. The molecule has 1 aliphatic heterocycles. The third-order valence-electron chi connectivity index (χ3n) is 5.36. The SMILES string of the molecule is N=C(N)c1onc2c1CCC[C@@]21CCCCC12OCCO2. The molecular weight excluding hydrogens is 270 g/mol. The second-order valence-corrected chi connectivity index (χ2v) is 6.35. The second kappa shape index (κ2) is 4.55. The van der Waals surface area contributed by atoms with Crippen LogP contribution in [0.5, 0.6) is 0 Å². The van der Waals surface area contributed by atoms with Crippen LogP contribution in [-0.2, 0) is 21.3 Å². The molecule has 114 valence electrons. The first-order chi connectivity index (χ1) is 10.2. The molecular formula is C15H21N3O3. The number of rotatable bonds is 1. The molecule has 2 fully saturated rings. The number of nitrogens with two attached hydrogens (primary N) is 1. The van der Waals surface area contributed by atoms with Gasteiger partial charge in [-0.05, 0) is 32.1 Å². The third-order valence-corrected chi connectivity index (χ3v) is 5.36. The third kappa shape index (κ3) is 1.66.